The molecule has 0 aromatic heterocycles. The number of hydrogen-bond donors (Lipinski definition) is 2. The van der Waals surface area contributed by atoms with Crippen LogP contribution < -0.4 is 10.6 Å². The van der Waals surface area contributed by atoms with E-state index in [-0.39, 0.29) is 6.61 Å². The van der Waals surface area contributed by atoms with Crippen LogP contribution in [0.5, 0.6) is 0 Å². The van der Waals surface area contributed by atoms with Gasteiger partial charge >= 0.3 is 12.0 Å². The Morgan fingerprint density at radius 1 is 1.39 bits per heavy atom. The number of nitriles is 1. The maximum Gasteiger partial charge on any atom is 0.343 e. The number of rotatable bonds is 4. The Hall–Kier alpha value is -2.55. The molecule has 18 heavy (non-hydrogen) atoms. The number of ether oxygens (including phenoxy) is 1. The van der Waals surface area contributed by atoms with E-state index in [1.54, 1.807) is 43.3 Å². The smallest absolute Gasteiger partial charge is 0.343 e. The first-order valence-electron chi connectivity index (χ1n) is 5.36. The summed E-state index contributed by atoms with van der Waals surface area (Å²) < 4.78 is 4.64. The number of esters is 1. The van der Waals surface area contributed by atoms with Crippen LogP contribution in [0, 0.1) is 11.3 Å². The highest BCUT2D eigenvalue weighted by molar-refractivity contribution is 5.93. The molecular formula is C12H13N3O3. The summed E-state index contributed by atoms with van der Waals surface area (Å²) in [5.41, 5.74) is 0.565. The predicted molar refractivity (Wildman–Crippen MR) is 64.6 cm³/mol. The van der Waals surface area contributed by atoms with Gasteiger partial charge in [-0.3, -0.25) is 0 Å². The standard InChI is InChI=1S/C12H13N3O3/c1-2-18-11(16)10(8-13)15-12(17)14-9-6-4-3-5-7-9/h3-7,10H,2H2,1H3,(H2,14,15,17). The maximum absolute atomic E-state index is 11.5. The fourth-order valence-electron chi connectivity index (χ4n) is 1.19. The molecule has 1 unspecified atom stereocenters. The second-order valence-corrected chi connectivity index (χ2v) is 3.28. The SMILES string of the molecule is CCOC(=O)C(C#N)NC(=O)Nc1ccccc1. The quantitative estimate of drug-likeness (QED) is 0.783. The van der Waals surface area contributed by atoms with E-state index in [2.05, 4.69) is 15.4 Å². The number of para-hydroxylation sites is 1. The Kier molecular flexibility index (Phi) is 5.19. The first-order chi connectivity index (χ1) is 8.67. The molecule has 1 aromatic rings. The third kappa shape index (κ3) is 4.14. The van der Waals surface area contributed by atoms with E-state index in [4.69, 9.17) is 5.26 Å². The van der Waals surface area contributed by atoms with Crippen LogP contribution in [0.15, 0.2) is 30.3 Å². The van der Waals surface area contributed by atoms with E-state index < -0.39 is 18.0 Å². The Morgan fingerprint density at radius 3 is 2.61 bits per heavy atom. The molecule has 0 aliphatic heterocycles. The molecule has 0 saturated carbocycles. The molecule has 6 heteroatoms. The van der Waals surface area contributed by atoms with Gasteiger partial charge in [0.15, 0.2) is 0 Å². The van der Waals surface area contributed by atoms with Crippen LogP contribution in [0.3, 0.4) is 0 Å². The van der Waals surface area contributed by atoms with Crippen LogP contribution in [-0.4, -0.2) is 24.6 Å². The fourth-order valence-corrected chi connectivity index (χ4v) is 1.19. The average Bonchev–Trinajstić information content (AvgIpc) is 2.37. The van der Waals surface area contributed by atoms with Crippen molar-refractivity contribution in [3.63, 3.8) is 0 Å². The van der Waals surface area contributed by atoms with Gasteiger partial charge in [-0.25, -0.2) is 9.59 Å². The topological polar surface area (TPSA) is 91.2 Å². The molecule has 1 atom stereocenters. The van der Waals surface area contributed by atoms with E-state index in [1.807, 2.05) is 0 Å². The Morgan fingerprint density at radius 2 is 2.06 bits per heavy atom. The number of carbonyl (C=O) groups is 2. The normalized spacial score (nSPS) is 10.9. The number of carbonyl (C=O) groups excluding carboxylic acids is 2. The molecule has 2 N–H and O–H groups in total. The van der Waals surface area contributed by atoms with Gasteiger partial charge in [0.2, 0.25) is 6.04 Å². The monoisotopic (exact) mass is 247 g/mol. The Balaban J connectivity index is 2.53. The highest BCUT2D eigenvalue weighted by Gasteiger charge is 2.21. The highest BCUT2D eigenvalue weighted by Crippen LogP contribution is 2.04. The summed E-state index contributed by atoms with van der Waals surface area (Å²) >= 11 is 0. The number of nitrogens with zero attached hydrogens (tertiary/aromatic N) is 1. The molecule has 0 radical (unpaired) electrons. The Labute approximate surface area is 105 Å². The lowest BCUT2D eigenvalue weighted by molar-refractivity contribution is -0.143. The second-order valence-electron chi connectivity index (χ2n) is 3.28. The molecule has 0 heterocycles. The van der Waals surface area contributed by atoms with Crippen molar-refractivity contribution in [2.24, 2.45) is 0 Å². The van der Waals surface area contributed by atoms with Crippen molar-refractivity contribution >= 4 is 17.7 Å². The molecule has 0 spiro atoms. The number of hydrogen-bond acceptors (Lipinski definition) is 4. The van der Waals surface area contributed by atoms with E-state index in [9.17, 15) is 9.59 Å². The summed E-state index contributed by atoms with van der Waals surface area (Å²) in [4.78, 5) is 22.8. The molecule has 94 valence electrons. The lowest BCUT2D eigenvalue weighted by Gasteiger charge is -2.11. The molecule has 1 rings (SSSR count). The molecular weight excluding hydrogens is 234 g/mol. The summed E-state index contributed by atoms with van der Waals surface area (Å²) in [6.45, 7) is 1.77. The summed E-state index contributed by atoms with van der Waals surface area (Å²) in [5.74, 6) is -0.775. The number of anilines is 1. The second kappa shape index (κ2) is 6.91. The number of amides is 2. The van der Waals surface area contributed by atoms with Crippen LogP contribution in [0.1, 0.15) is 6.92 Å². The predicted octanol–water partition coefficient (Wildman–Crippen LogP) is 1.26. The van der Waals surface area contributed by atoms with Gasteiger partial charge in [0.05, 0.1) is 12.7 Å². The van der Waals surface area contributed by atoms with E-state index >= 15 is 0 Å². The van der Waals surface area contributed by atoms with Gasteiger partial charge in [0.25, 0.3) is 0 Å². The van der Waals surface area contributed by atoms with Crippen LogP contribution in [0.2, 0.25) is 0 Å². The van der Waals surface area contributed by atoms with Gasteiger partial charge in [-0.2, -0.15) is 5.26 Å². The zero-order valence-electron chi connectivity index (χ0n) is 9.84. The lowest BCUT2D eigenvalue weighted by atomic mass is 10.3. The van der Waals surface area contributed by atoms with E-state index in [0.717, 1.165) is 0 Å². The van der Waals surface area contributed by atoms with Gasteiger partial charge in [-0.1, -0.05) is 18.2 Å². The lowest BCUT2D eigenvalue weighted by Crippen LogP contribution is -2.42. The first-order valence-corrected chi connectivity index (χ1v) is 5.36. The highest BCUT2D eigenvalue weighted by atomic mass is 16.5. The van der Waals surface area contributed by atoms with Crippen molar-refractivity contribution in [1.82, 2.24) is 5.32 Å². The van der Waals surface area contributed by atoms with Crippen molar-refractivity contribution in [3.05, 3.63) is 30.3 Å². The third-order valence-electron chi connectivity index (χ3n) is 1.96. The molecule has 0 bridgehead atoms. The zero-order valence-corrected chi connectivity index (χ0v) is 9.84. The van der Waals surface area contributed by atoms with Gasteiger partial charge in [-0.05, 0) is 19.1 Å². The largest absolute Gasteiger partial charge is 0.464 e. The van der Waals surface area contributed by atoms with Crippen molar-refractivity contribution < 1.29 is 14.3 Å². The number of urea groups is 1. The summed E-state index contributed by atoms with van der Waals surface area (Å²) in [6.07, 6.45) is 0. The van der Waals surface area contributed by atoms with Crippen LogP contribution in [0.25, 0.3) is 0 Å². The van der Waals surface area contributed by atoms with Gasteiger partial charge in [0, 0.05) is 5.69 Å². The zero-order chi connectivity index (χ0) is 13.4. The van der Waals surface area contributed by atoms with Crippen LogP contribution in [0.4, 0.5) is 10.5 Å². The van der Waals surface area contributed by atoms with Crippen molar-refractivity contribution in [3.8, 4) is 6.07 Å². The molecule has 0 saturated heterocycles. The summed E-state index contributed by atoms with van der Waals surface area (Å²) in [7, 11) is 0. The van der Waals surface area contributed by atoms with Crippen molar-refractivity contribution in [1.29, 1.82) is 5.26 Å². The van der Waals surface area contributed by atoms with Crippen molar-refractivity contribution in [2.75, 3.05) is 11.9 Å². The average molecular weight is 247 g/mol. The molecule has 6 nitrogen and oxygen atoms in total. The van der Waals surface area contributed by atoms with Gasteiger partial charge in [0.1, 0.15) is 0 Å². The molecule has 0 aliphatic rings. The molecule has 0 fully saturated rings. The van der Waals surface area contributed by atoms with Gasteiger partial charge < -0.3 is 15.4 Å². The van der Waals surface area contributed by atoms with Crippen molar-refractivity contribution in [2.45, 2.75) is 13.0 Å². The maximum atomic E-state index is 11.5. The van der Waals surface area contributed by atoms with E-state index in [0.29, 0.717) is 5.69 Å². The minimum absolute atomic E-state index is 0.152. The fraction of sp³-hybridized carbons (Fsp3) is 0.250. The minimum Gasteiger partial charge on any atom is -0.464 e. The van der Waals surface area contributed by atoms with Gasteiger partial charge in [-0.15, -0.1) is 0 Å². The molecule has 0 aliphatic carbocycles. The molecule has 2 amide bonds. The summed E-state index contributed by atoms with van der Waals surface area (Å²) in [5, 5.41) is 13.5. The van der Waals surface area contributed by atoms with Crippen LogP contribution in [-0.2, 0) is 9.53 Å². The van der Waals surface area contributed by atoms with E-state index in [1.165, 1.54) is 0 Å². The third-order valence-corrected chi connectivity index (χ3v) is 1.96. The summed E-state index contributed by atoms with van der Waals surface area (Å²) in [6, 6.07) is 8.39. The molecule has 1 aromatic carbocycles. The minimum atomic E-state index is -1.31. The van der Waals surface area contributed by atoms with Crippen LogP contribution >= 0.6 is 0 Å². The number of benzene rings is 1. The first kappa shape index (κ1) is 13.5. The Bertz CT molecular complexity index is 453. The number of nitrogens with one attached hydrogen (secondary N) is 2.